The van der Waals surface area contributed by atoms with E-state index in [-0.39, 0.29) is 5.69 Å². The van der Waals surface area contributed by atoms with E-state index < -0.39 is 0 Å². The van der Waals surface area contributed by atoms with E-state index in [1.165, 1.54) is 11.8 Å². The maximum absolute atomic E-state index is 11.5. The van der Waals surface area contributed by atoms with E-state index in [9.17, 15) is 4.79 Å². The molecule has 0 atom stereocenters. The van der Waals surface area contributed by atoms with Gasteiger partial charge in [0.25, 0.3) is 0 Å². The fourth-order valence-electron chi connectivity index (χ4n) is 1.31. The monoisotopic (exact) mass is 221 g/mol. The largest absolute Gasteiger partial charge is 0.348 e. The molecule has 0 saturated carbocycles. The van der Waals surface area contributed by atoms with Crippen LogP contribution in [-0.4, -0.2) is 20.5 Å². The van der Waals surface area contributed by atoms with Gasteiger partial charge in [0.15, 0.2) is 5.16 Å². The highest BCUT2D eigenvalue weighted by atomic mass is 32.2. The molecule has 2 aromatic rings. The lowest BCUT2D eigenvalue weighted by molar-refractivity contribution is 0.871. The molecule has 1 heterocycles. The van der Waals surface area contributed by atoms with Gasteiger partial charge in [-0.1, -0.05) is 36.9 Å². The summed E-state index contributed by atoms with van der Waals surface area (Å²) in [5.74, 6) is 0.886. The highest BCUT2D eigenvalue weighted by Gasteiger charge is 2.08. The van der Waals surface area contributed by atoms with Crippen LogP contribution in [0.2, 0.25) is 0 Å². The lowest BCUT2D eigenvalue weighted by Gasteiger charge is -2.02. The molecule has 0 aliphatic rings. The van der Waals surface area contributed by atoms with E-state index >= 15 is 0 Å². The van der Waals surface area contributed by atoms with Crippen LogP contribution in [0.15, 0.2) is 40.3 Å². The molecule has 1 N–H and O–H groups in total. The van der Waals surface area contributed by atoms with Gasteiger partial charge in [0, 0.05) is 0 Å². The summed E-state index contributed by atoms with van der Waals surface area (Å²) in [6, 6.07) is 9.48. The number of aromatic nitrogens is 3. The second kappa shape index (κ2) is 4.35. The fraction of sp³-hybridized carbons (Fsp3) is 0.200. The van der Waals surface area contributed by atoms with Gasteiger partial charge in [-0.15, -0.1) is 5.10 Å². The Hall–Kier alpha value is -1.49. The van der Waals surface area contributed by atoms with Crippen molar-refractivity contribution in [3.05, 3.63) is 40.8 Å². The molecule has 15 heavy (non-hydrogen) atoms. The molecule has 0 saturated heterocycles. The average molecular weight is 221 g/mol. The van der Waals surface area contributed by atoms with Crippen LogP contribution in [0.1, 0.15) is 6.92 Å². The number of aromatic amines is 1. The third-order valence-corrected chi connectivity index (χ3v) is 2.75. The number of nitrogens with one attached hydrogen (secondary N) is 1. The minimum atomic E-state index is -0.197. The van der Waals surface area contributed by atoms with Gasteiger partial charge >= 0.3 is 5.69 Å². The third kappa shape index (κ3) is 1.97. The van der Waals surface area contributed by atoms with Crippen molar-refractivity contribution in [2.24, 2.45) is 0 Å². The summed E-state index contributed by atoms with van der Waals surface area (Å²) in [6.07, 6.45) is 0. The molecule has 0 unspecified atom stereocenters. The molecule has 0 radical (unpaired) electrons. The van der Waals surface area contributed by atoms with E-state index in [1.807, 2.05) is 37.3 Å². The molecular formula is C10H11N3OS. The maximum Gasteiger partial charge on any atom is 0.348 e. The van der Waals surface area contributed by atoms with Crippen molar-refractivity contribution in [1.29, 1.82) is 0 Å². The first-order chi connectivity index (χ1) is 7.33. The predicted molar refractivity (Wildman–Crippen MR) is 60.6 cm³/mol. The van der Waals surface area contributed by atoms with Crippen molar-refractivity contribution in [3.8, 4) is 5.69 Å². The van der Waals surface area contributed by atoms with Gasteiger partial charge in [0.05, 0.1) is 5.69 Å². The van der Waals surface area contributed by atoms with Gasteiger partial charge in [-0.2, -0.15) is 0 Å². The molecule has 1 aromatic carbocycles. The van der Waals surface area contributed by atoms with Crippen LogP contribution in [0.25, 0.3) is 5.69 Å². The summed E-state index contributed by atoms with van der Waals surface area (Å²) in [5, 5.41) is 7.13. The molecule has 4 nitrogen and oxygen atoms in total. The van der Waals surface area contributed by atoms with Gasteiger partial charge < -0.3 is 0 Å². The molecule has 0 spiro atoms. The number of nitrogens with zero attached hydrogens (tertiary/aromatic N) is 2. The summed E-state index contributed by atoms with van der Waals surface area (Å²) in [4.78, 5) is 11.5. The van der Waals surface area contributed by atoms with Gasteiger partial charge in [0.1, 0.15) is 0 Å². The summed E-state index contributed by atoms with van der Waals surface area (Å²) >= 11 is 1.54. The van der Waals surface area contributed by atoms with E-state index in [1.54, 1.807) is 4.57 Å². The van der Waals surface area contributed by atoms with E-state index in [4.69, 9.17) is 0 Å². The molecule has 0 fully saturated rings. The SMILES string of the molecule is CCSc1n[nH]c(=O)n1-c1ccccc1. The highest BCUT2D eigenvalue weighted by molar-refractivity contribution is 7.99. The van der Waals surface area contributed by atoms with Crippen LogP contribution in [0.5, 0.6) is 0 Å². The maximum atomic E-state index is 11.5. The smallest absolute Gasteiger partial charge is 0.246 e. The zero-order chi connectivity index (χ0) is 10.7. The van der Waals surface area contributed by atoms with Crippen molar-refractivity contribution in [2.45, 2.75) is 12.1 Å². The van der Waals surface area contributed by atoms with Crippen LogP contribution >= 0.6 is 11.8 Å². The van der Waals surface area contributed by atoms with Gasteiger partial charge in [-0.05, 0) is 17.9 Å². The first-order valence-corrected chi connectivity index (χ1v) is 5.67. The van der Waals surface area contributed by atoms with Crippen molar-refractivity contribution in [2.75, 3.05) is 5.75 Å². The Morgan fingerprint density at radius 3 is 2.80 bits per heavy atom. The Labute approximate surface area is 91.3 Å². The van der Waals surface area contributed by atoms with Crippen LogP contribution in [0, 0.1) is 0 Å². The Morgan fingerprint density at radius 1 is 1.40 bits per heavy atom. The highest BCUT2D eigenvalue weighted by Crippen LogP contribution is 2.16. The van der Waals surface area contributed by atoms with Gasteiger partial charge in [-0.25, -0.2) is 14.5 Å². The molecule has 0 aliphatic carbocycles. The van der Waals surface area contributed by atoms with E-state index in [0.717, 1.165) is 11.4 Å². The topological polar surface area (TPSA) is 50.7 Å². The normalized spacial score (nSPS) is 10.5. The zero-order valence-corrected chi connectivity index (χ0v) is 9.12. The van der Waals surface area contributed by atoms with Gasteiger partial charge in [-0.3, -0.25) is 0 Å². The summed E-state index contributed by atoms with van der Waals surface area (Å²) in [6.45, 7) is 2.03. The number of para-hydroxylation sites is 1. The fourth-order valence-corrected chi connectivity index (χ4v) is 2.00. The second-order valence-electron chi connectivity index (χ2n) is 2.92. The van der Waals surface area contributed by atoms with Crippen LogP contribution in [-0.2, 0) is 0 Å². The van der Waals surface area contributed by atoms with Crippen LogP contribution < -0.4 is 5.69 Å². The summed E-state index contributed by atoms with van der Waals surface area (Å²) < 4.78 is 1.58. The standard InChI is InChI=1S/C10H11N3OS/c1-2-15-10-12-11-9(14)13(10)8-6-4-3-5-7-8/h3-7H,2H2,1H3,(H,11,14). The number of hydrogen-bond acceptors (Lipinski definition) is 3. The lowest BCUT2D eigenvalue weighted by atomic mass is 10.3. The lowest BCUT2D eigenvalue weighted by Crippen LogP contribution is -2.15. The number of benzene rings is 1. The Morgan fingerprint density at radius 2 is 2.13 bits per heavy atom. The van der Waals surface area contributed by atoms with Crippen molar-refractivity contribution < 1.29 is 0 Å². The molecule has 0 amide bonds. The predicted octanol–water partition coefficient (Wildman–Crippen LogP) is 1.67. The average Bonchev–Trinajstić information content (AvgIpc) is 2.62. The molecular weight excluding hydrogens is 210 g/mol. The number of thioether (sulfide) groups is 1. The third-order valence-electron chi connectivity index (χ3n) is 1.93. The zero-order valence-electron chi connectivity index (χ0n) is 8.30. The second-order valence-corrected chi connectivity index (χ2v) is 4.15. The van der Waals surface area contributed by atoms with Gasteiger partial charge in [0.2, 0.25) is 0 Å². The summed E-state index contributed by atoms with van der Waals surface area (Å²) in [5.41, 5.74) is 0.643. The van der Waals surface area contributed by atoms with Crippen LogP contribution in [0.4, 0.5) is 0 Å². The Kier molecular flexibility index (Phi) is 2.91. The van der Waals surface area contributed by atoms with Crippen molar-refractivity contribution in [3.63, 3.8) is 0 Å². The number of hydrogen-bond donors (Lipinski definition) is 1. The minimum Gasteiger partial charge on any atom is -0.246 e. The van der Waals surface area contributed by atoms with Crippen LogP contribution in [0.3, 0.4) is 0 Å². The molecule has 1 aromatic heterocycles. The summed E-state index contributed by atoms with van der Waals surface area (Å²) in [7, 11) is 0. The first kappa shape index (κ1) is 10.0. The quantitative estimate of drug-likeness (QED) is 0.802. The van der Waals surface area contributed by atoms with E-state index in [2.05, 4.69) is 10.2 Å². The Balaban J connectivity index is 2.52. The molecule has 5 heteroatoms. The molecule has 2 rings (SSSR count). The van der Waals surface area contributed by atoms with Crippen molar-refractivity contribution >= 4 is 11.8 Å². The van der Waals surface area contributed by atoms with E-state index in [0.29, 0.717) is 5.16 Å². The number of H-pyrrole nitrogens is 1. The number of rotatable bonds is 3. The Bertz CT molecular complexity index is 489. The minimum absolute atomic E-state index is 0.197. The molecule has 78 valence electrons. The van der Waals surface area contributed by atoms with Crippen molar-refractivity contribution in [1.82, 2.24) is 14.8 Å². The molecule has 0 bridgehead atoms. The molecule has 0 aliphatic heterocycles. The first-order valence-electron chi connectivity index (χ1n) is 4.68.